The quantitative estimate of drug-likeness (QED) is 0.815. The van der Waals surface area contributed by atoms with Crippen molar-refractivity contribution in [3.63, 3.8) is 0 Å². The normalized spacial score (nSPS) is 9.90. The Kier molecular flexibility index (Phi) is 5.83. The highest BCUT2D eigenvalue weighted by atomic mass is 16.5. The first-order chi connectivity index (χ1) is 9.98. The largest absolute Gasteiger partial charge is 0.496 e. The molecule has 0 saturated carbocycles. The number of benzene rings is 1. The van der Waals surface area contributed by atoms with Crippen molar-refractivity contribution >= 4 is 11.9 Å². The van der Waals surface area contributed by atoms with E-state index in [1.807, 2.05) is 0 Å². The molecule has 1 N–H and O–H groups in total. The minimum Gasteiger partial charge on any atom is -0.496 e. The van der Waals surface area contributed by atoms with Gasteiger partial charge in [-0.25, -0.2) is 0 Å². The van der Waals surface area contributed by atoms with Gasteiger partial charge in [0.25, 0.3) is 5.91 Å². The summed E-state index contributed by atoms with van der Waals surface area (Å²) in [6.45, 7) is 1.59. The molecule has 7 nitrogen and oxygen atoms in total. The maximum Gasteiger partial charge on any atom is 0.323 e. The molecule has 0 bridgehead atoms. The number of aliphatic carboxylic acids is 1. The number of hydrogen-bond donors (Lipinski definition) is 1. The molecular weight excluding hydrogens is 278 g/mol. The molecule has 7 heteroatoms. The van der Waals surface area contributed by atoms with Gasteiger partial charge in [0.05, 0.1) is 26.9 Å². The first kappa shape index (κ1) is 16.6. The van der Waals surface area contributed by atoms with Gasteiger partial charge in [0.1, 0.15) is 12.3 Å². The Balaban J connectivity index is 3.26. The van der Waals surface area contributed by atoms with Crippen LogP contribution >= 0.6 is 0 Å². The van der Waals surface area contributed by atoms with E-state index in [1.165, 1.54) is 38.4 Å². The van der Waals surface area contributed by atoms with Crippen LogP contribution < -0.4 is 14.2 Å². The highest BCUT2D eigenvalue weighted by molar-refractivity contribution is 5.99. The molecule has 1 rings (SSSR count). The predicted molar refractivity (Wildman–Crippen MR) is 75.3 cm³/mol. The average molecular weight is 297 g/mol. The zero-order valence-electron chi connectivity index (χ0n) is 12.5. The highest BCUT2D eigenvalue weighted by Crippen LogP contribution is 2.35. The summed E-state index contributed by atoms with van der Waals surface area (Å²) in [5, 5.41) is 8.85. The molecule has 0 aliphatic heterocycles. The topological polar surface area (TPSA) is 85.3 Å². The van der Waals surface area contributed by atoms with E-state index in [4.69, 9.17) is 19.3 Å². The monoisotopic (exact) mass is 297 g/mol. The summed E-state index contributed by atoms with van der Waals surface area (Å²) in [6.07, 6.45) is 0. The van der Waals surface area contributed by atoms with E-state index in [0.717, 1.165) is 0 Å². The molecule has 0 radical (unpaired) electrons. The third-order valence-corrected chi connectivity index (χ3v) is 2.93. The number of carboxylic acid groups (broad SMARTS) is 1. The number of carbonyl (C=O) groups is 2. The number of amides is 1. The lowest BCUT2D eigenvalue weighted by molar-refractivity contribution is -0.137. The van der Waals surface area contributed by atoms with Gasteiger partial charge in [-0.15, -0.1) is 0 Å². The highest BCUT2D eigenvalue weighted by Gasteiger charge is 2.23. The van der Waals surface area contributed by atoms with Crippen LogP contribution in [0.15, 0.2) is 12.1 Å². The van der Waals surface area contributed by atoms with E-state index in [2.05, 4.69) is 0 Å². The number of carbonyl (C=O) groups excluding carboxylic acids is 1. The zero-order valence-corrected chi connectivity index (χ0v) is 12.5. The first-order valence-electron chi connectivity index (χ1n) is 6.29. The molecule has 1 amide bonds. The summed E-state index contributed by atoms with van der Waals surface area (Å²) in [6, 6.07) is 3.01. The molecule has 0 heterocycles. The molecule has 21 heavy (non-hydrogen) atoms. The van der Waals surface area contributed by atoms with E-state index in [1.54, 1.807) is 6.92 Å². The predicted octanol–water partition coefficient (Wildman–Crippen LogP) is 1.26. The van der Waals surface area contributed by atoms with Crippen molar-refractivity contribution in [3.05, 3.63) is 17.7 Å². The van der Waals surface area contributed by atoms with Crippen LogP contribution in [0, 0.1) is 0 Å². The third-order valence-electron chi connectivity index (χ3n) is 2.93. The maximum atomic E-state index is 12.4. The molecule has 0 aromatic heterocycles. The molecule has 0 saturated heterocycles. The minimum absolute atomic E-state index is 0.221. The molecule has 1 aromatic rings. The molecular formula is C14H19NO6. The Morgan fingerprint density at radius 2 is 1.57 bits per heavy atom. The van der Waals surface area contributed by atoms with Gasteiger partial charge >= 0.3 is 5.97 Å². The number of rotatable bonds is 7. The summed E-state index contributed by atoms with van der Waals surface area (Å²) >= 11 is 0. The molecule has 0 aliphatic rings. The summed E-state index contributed by atoms with van der Waals surface area (Å²) in [7, 11) is 4.35. The van der Waals surface area contributed by atoms with Crippen LogP contribution in [0.5, 0.6) is 17.2 Å². The maximum absolute atomic E-state index is 12.4. The second kappa shape index (κ2) is 7.37. The summed E-state index contributed by atoms with van der Waals surface area (Å²) in [5.41, 5.74) is 0.221. The van der Waals surface area contributed by atoms with Crippen LogP contribution in [0.4, 0.5) is 0 Å². The lowest BCUT2D eigenvalue weighted by atomic mass is 10.1. The van der Waals surface area contributed by atoms with E-state index >= 15 is 0 Å². The molecule has 1 aromatic carbocycles. The second-order valence-corrected chi connectivity index (χ2v) is 4.12. The minimum atomic E-state index is -1.08. The third kappa shape index (κ3) is 3.77. The molecule has 0 spiro atoms. The zero-order chi connectivity index (χ0) is 16.0. The standard InChI is InChI=1S/C14H19NO6/c1-5-15(8-13(16)17)14(18)9-6-11(20-3)12(21-4)7-10(9)19-2/h6-7H,5,8H2,1-4H3,(H,16,17). The fourth-order valence-corrected chi connectivity index (χ4v) is 1.86. The number of methoxy groups -OCH3 is 3. The van der Waals surface area contributed by atoms with Crippen molar-refractivity contribution in [2.24, 2.45) is 0 Å². The number of hydrogen-bond acceptors (Lipinski definition) is 5. The fraction of sp³-hybridized carbons (Fsp3) is 0.429. The lowest BCUT2D eigenvalue weighted by Gasteiger charge is -2.21. The van der Waals surface area contributed by atoms with Gasteiger partial charge in [-0.3, -0.25) is 9.59 Å². The van der Waals surface area contributed by atoms with Crippen molar-refractivity contribution in [3.8, 4) is 17.2 Å². The van der Waals surface area contributed by atoms with Crippen molar-refractivity contribution < 1.29 is 28.9 Å². The summed E-state index contributed by atoms with van der Waals surface area (Å²) < 4.78 is 15.5. The van der Waals surface area contributed by atoms with Gasteiger partial charge in [-0.1, -0.05) is 0 Å². The Bertz CT molecular complexity index is 528. The molecule has 0 aliphatic carbocycles. The summed E-state index contributed by atoms with van der Waals surface area (Å²) in [4.78, 5) is 24.5. The number of nitrogens with zero attached hydrogens (tertiary/aromatic N) is 1. The van der Waals surface area contributed by atoms with Crippen LogP contribution in [0.3, 0.4) is 0 Å². The van der Waals surface area contributed by atoms with Crippen molar-refractivity contribution in [2.45, 2.75) is 6.92 Å². The lowest BCUT2D eigenvalue weighted by Crippen LogP contribution is -2.35. The molecule has 0 unspecified atom stereocenters. The SMILES string of the molecule is CCN(CC(=O)O)C(=O)c1cc(OC)c(OC)cc1OC. The molecule has 116 valence electrons. The van der Waals surface area contributed by atoms with Gasteiger partial charge in [0, 0.05) is 18.7 Å². The van der Waals surface area contributed by atoms with Gasteiger partial charge in [-0.2, -0.15) is 0 Å². The van der Waals surface area contributed by atoms with Gasteiger partial charge in [0.2, 0.25) is 0 Å². The smallest absolute Gasteiger partial charge is 0.323 e. The van der Waals surface area contributed by atoms with E-state index in [9.17, 15) is 9.59 Å². The van der Waals surface area contributed by atoms with E-state index < -0.39 is 11.9 Å². The van der Waals surface area contributed by atoms with Gasteiger partial charge < -0.3 is 24.2 Å². The molecule has 0 fully saturated rings. The van der Waals surface area contributed by atoms with Gasteiger partial charge in [-0.05, 0) is 6.92 Å². The number of carboxylic acids is 1. The number of ether oxygens (including phenoxy) is 3. The van der Waals surface area contributed by atoms with Gasteiger partial charge in [0.15, 0.2) is 11.5 Å². The van der Waals surface area contributed by atoms with E-state index in [-0.39, 0.29) is 18.7 Å². The Morgan fingerprint density at radius 1 is 1.05 bits per heavy atom. The van der Waals surface area contributed by atoms with Crippen LogP contribution in [0.1, 0.15) is 17.3 Å². The Labute approximate surface area is 123 Å². The first-order valence-corrected chi connectivity index (χ1v) is 6.29. The van der Waals surface area contributed by atoms with Crippen LogP contribution in [-0.2, 0) is 4.79 Å². The van der Waals surface area contributed by atoms with Crippen LogP contribution in [-0.4, -0.2) is 56.3 Å². The van der Waals surface area contributed by atoms with Crippen LogP contribution in [0.25, 0.3) is 0 Å². The Hall–Kier alpha value is -2.44. The number of likely N-dealkylation sites (N-methyl/N-ethyl adjacent to an activating group) is 1. The fourth-order valence-electron chi connectivity index (χ4n) is 1.86. The van der Waals surface area contributed by atoms with Crippen molar-refractivity contribution in [2.75, 3.05) is 34.4 Å². The van der Waals surface area contributed by atoms with Crippen molar-refractivity contribution in [1.29, 1.82) is 0 Å². The second-order valence-electron chi connectivity index (χ2n) is 4.12. The van der Waals surface area contributed by atoms with Crippen molar-refractivity contribution in [1.82, 2.24) is 4.90 Å². The van der Waals surface area contributed by atoms with Crippen LogP contribution in [0.2, 0.25) is 0 Å². The molecule has 0 atom stereocenters. The summed E-state index contributed by atoms with van der Waals surface area (Å²) in [5.74, 6) is -0.441. The average Bonchev–Trinajstić information content (AvgIpc) is 2.50. The Morgan fingerprint density at radius 3 is 2.00 bits per heavy atom. The van der Waals surface area contributed by atoms with E-state index in [0.29, 0.717) is 17.2 Å².